The highest BCUT2D eigenvalue weighted by molar-refractivity contribution is 7.89. The number of sulfonamides is 1. The summed E-state index contributed by atoms with van der Waals surface area (Å²) < 4.78 is 36.8. The third-order valence-electron chi connectivity index (χ3n) is 5.40. The lowest BCUT2D eigenvalue weighted by atomic mass is 10.1. The van der Waals surface area contributed by atoms with Gasteiger partial charge >= 0.3 is 0 Å². The average molecular weight is 491 g/mol. The van der Waals surface area contributed by atoms with E-state index in [1.165, 1.54) is 26.2 Å². The second kappa shape index (κ2) is 11.3. The molecular weight excluding hydrogens is 460 g/mol. The van der Waals surface area contributed by atoms with Crippen molar-refractivity contribution in [2.45, 2.75) is 11.4 Å². The van der Waals surface area contributed by atoms with E-state index in [0.717, 1.165) is 15.6 Å². The number of ether oxygens (including phenoxy) is 2. The zero-order valence-electron chi connectivity index (χ0n) is 19.5. The Hall–Kier alpha value is -3.15. The largest absolute Gasteiger partial charge is 0.497 e. The highest BCUT2D eigenvalue weighted by Gasteiger charge is 2.24. The van der Waals surface area contributed by atoms with E-state index in [9.17, 15) is 18.0 Å². The van der Waals surface area contributed by atoms with Gasteiger partial charge in [-0.05, 0) is 35.9 Å². The van der Waals surface area contributed by atoms with Crippen molar-refractivity contribution in [3.8, 4) is 5.75 Å². The van der Waals surface area contributed by atoms with E-state index >= 15 is 0 Å². The van der Waals surface area contributed by atoms with Gasteiger partial charge in [0.25, 0.3) is 5.91 Å². The van der Waals surface area contributed by atoms with E-state index in [1.54, 1.807) is 25.3 Å². The molecule has 0 bridgehead atoms. The first-order chi connectivity index (χ1) is 16.2. The summed E-state index contributed by atoms with van der Waals surface area (Å²) in [6, 6.07) is 11.7. The molecule has 3 rings (SSSR count). The third-order valence-corrected chi connectivity index (χ3v) is 7.21. The Kier molecular flexibility index (Phi) is 8.48. The van der Waals surface area contributed by atoms with Crippen LogP contribution in [0.25, 0.3) is 0 Å². The second-order valence-corrected chi connectivity index (χ2v) is 10.0. The van der Waals surface area contributed by atoms with E-state index in [0.29, 0.717) is 38.5 Å². The fourth-order valence-corrected chi connectivity index (χ4v) is 4.34. The summed E-state index contributed by atoms with van der Waals surface area (Å²) in [5, 5.41) is 5.35. The summed E-state index contributed by atoms with van der Waals surface area (Å²) in [7, 11) is 0.702. The van der Waals surface area contributed by atoms with Gasteiger partial charge in [0.15, 0.2) is 0 Å². The van der Waals surface area contributed by atoms with Crippen LogP contribution in [0.1, 0.15) is 15.9 Å². The van der Waals surface area contributed by atoms with E-state index in [2.05, 4.69) is 10.6 Å². The monoisotopic (exact) mass is 490 g/mol. The molecule has 0 unspecified atom stereocenters. The van der Waals surface area contributed by atoms with E-state index in [4.69, 9.17) is 9.47 Å². The Balaban J connectivity index is 1.71. The van der Waals surface area contributed by atoms with E-state index in [-0.39, 0.29) is 22.9 Å². The molecule has 1 saturated heterocycles. The molecule has 2 amide bonds. The lowest BCUT2D eigenvalue weighted by molar-refractivity contribution is -0.120. The lowest BCUT2D eigenvalue weighted by Crippen LogP contribution is -2.40. The fraction of sp³-hybridized carbons (Fsp3) is 0.391. The number of nitrogens with zero attached hydrogens (tertiary/aromatic N) is 2. The van der Waals surface area contributed by atoms with Gasteiger partial charge in [-0.3, -0.25) is 9.59 Å². The van der Waals surface area contributed by atoms with Crippen molar-refractivity contribution in [2.75, 3.05) is 59.0 Å². The highest BCUT2D eigenvalue weighted by atomic mass is 32.2. The van der Waals surface area contributed by atoms with Gasteiger partial charge in [-0.2, -0.15) is 0 Å². The van der Waals surface area contributed by atoms with Gasteiger partial charge in [0.1, 0.15) is 5.75 Å². The average Bonchev–Trinajstić information content (AvgIpc) is 2.86. The van der Waals surface area contributed by atoms with Crippen LogP contribution in [0.2, 0.25) is 0 Å². The number of morpholine rings is 1. The van der Waals surface area contributed by atoms with Gasteiger partial charge in [0, 0.05) is 39.4 Å². The molecule has 34 heavy (non-hydrogen) atoms. The minimum Gasteiger partial charge on any atom is -0.497 e. The number of hydrogen-bond acceptors (Lipinski definition) is 7. The van der Waals surface area contributed by atoms with Crippen molar-refractivity contribution >= 4 is 27.5 Å². The van der Waals surface area contributed by atoms with Gasteiger partial charge in [0.05, 0.1) is 37.3 Å². The summed E-state index contributed by atoms with van der Waals surface area (Å²) in [4.78, 5) is 27.3. The first-order valence-corrected chi connectivity index (χ1v) is 12.2. The number of nitrogens with one attached hydrogen (secondary N) is 2. The van der Waals surface area contributed by atoms with E-state index < -0.39 is 15.9 Å². The van der Waals surface area contributed by atoms with Crippen molar-refractivity contribution in [2.24, 2.45) is 0 Å². The Morgan fingerprint density at radius 2 is 1.74 bits per heavy atom. The van der Waals surface area contributed by atoms with Crippen LogP contribution in [0.3, 0.4) is 0 Å². The molecule has 0 radical (unpaired) electrons. The molecule has 2 aromatic carbocycles. The summed E-state index contributed by atoms with van der Waals surface area (Å²) >= 11 is 0. The van der Waals surface area contributed by atoms with Crippen LogP contribution in [-0.2, 0) is 26.1 Å². The number of carbonyl (C=O) groups is 2. The molecule has 184 valence electrons. The number of rotatable bonds is 9. The van der Waals surface area contributed by atoms with Crippen LogP contribution in [0.5, 0.6) is 5.75 Å². The molecule has 0 spiro atoms. The normalized spacial score (nSPS) is 14.1. The molecule has 10 nitrogen and oxygen atoms in total. The lowest BCUT2D eigenvalue weighted by Gasteiger charge is -2.30. The van der Waals surface area contributed by atoms with E-state index in [1.807, 2.05) is 17.0 Å². The van der Waals surface area contributed by atoms with Crippen LogP contribution in [-0.4, -0.2) is 78.6 Å². The highest BCUT2D eigenvalue weighted by Crippen LogP contribution is 2.26. The van der Waals surface area contributed by atoms with Gasteiger partial charge in [-0.1, -0.05) is 12.1 Å². The Bertz CT molecular complexity index is 1110. The smallest absolute Gasteiger partial charge is 0.253 e. The van der Waals surface area contributed by atoms with Gasteiger partial charge in [-0.25, -0.2) is 12.7 Å². The maximum atomic E-state index is 13.0. The number of amides is 2. The molecular formula is C23H30N4O6S. The molecule has 1 aliphatic rings. The molecule has 1 heterocycles. The molecule has 0 aromatic heterocycles. The number of anilines is 1. The maximum absolute atomic E-state index is 13.0. The van der Waals surface area contributed by atoms with Crippen molar-refractivity contribution in [3.63, 3.8) is 0 Å². The third kappa shape index (κ3) is 6.25. The molecule has 2 N–H and O–H groups in total. The molecule has 0 aliphatic carbocycles. The maximum Gasteiger partial charge on any atom is 0.253 e. The SMILES string of the molecule is COc1ccc(CNC(=O)CNC(=O)c2cc(S(=O)(=O)N(C)C)ccc2N2CCOCC2)cc1. The zero-order valence-corrected chi connectivity index (χ0v) is 20.4. The topological polar surface area (TPSA) is 117 Å². The van der Waals surface area contributed by atoms with Crippen LogP contribution < -0.4 is 20.3 Å². The van der Waals surface area contributed by atoms with Crippen LogP contribution in [0.4, 0.5) is 5.69 Å². The predicted molar refractivity (Wildman–Crippen MR) is 128 cm³/mol. The van der Waals surface area contributed by atoms with Gasteiger partial charge < -0.3 is 25.0 Å². The van der Waals surface area contributed by atoms with Gasteiger partial charge in [0.2, 0.25) is 15.9 Å². The number of hydrogen-bond donors (Lipinski definition) is 2. The Labute approximate surface area is 199 Å². The van der Waals surface area contributed by atoms with Crippen LogP contribution in [0.15, 0.2) is 47.4 Å². The number of benzene rings is 2. The fourth-order valence-electron chi connectivity index (χ4n) is 3.41. The van der Waals surface area contributed by atoms with Crippen LogP contribution in [0, 0.1) is 0 Å². The first kappa shape index (κ1) is 25.5. The summed E-state index contributed by atoms with van der Waals surface area (Å²) in [5.41, 5.74) is 1.67. The van der Waals surface area contributed by atoms with Gasteiger partial charge in [-0.15, -0.1) is 0 Å². The molecule has 0 saturated carbocycles. The van der Waals surface area contributed by atoms with Crippen molar-refractivity contribution < 1.29 is 27.5 Å². The molecule has 11 heteroatoms. The summed E-state index contributed by atoms with van der Waals surface area (Å²) in [6.07, 6.45) is 0. The van der Waals surface area contributed by atoms with Crippen molar-refractivity contribution in [1.29, 1.82) is 0 Å². The molecule has 1 aliphatic heterocycles. The Morgan fingerprint density at radius 3 is 2.35 bits per heavy atom. The molecule has 1 fully saturated rings. The van der Waals surface area contributed by atoms with Crippen molar-refractivity contribution in [1.82, 2.24) is 14.9 Å². The second-order valence-electron chi connectivity index (χ2n) is 7.87. The first-order valence-electron chi connectivity index (χ1n) is 10.8. The number of methoxy groups -OCH3 is 1. The summed E-state index contributed by atoms with van der Waals surface area (Å²) in [6.45, 7) is 2.21. The standard InChI is InChI=1S/C23H30N4O6S/c1-26(2)34(30,31)19-8-9-21(27-10-12-33-13-11-27)20(14-19)23(29)25-16-22(28)24-15-17-4-6-18(32-3)7-5-17/h4-9,14H,10-13,15-16H2,1-3H3,(H,24,28)(H,25,29). The molecule has 2 aromatic rings. The minimum absolute atomic E-state index is 0.00335. The Morgan fingerprint density at radius 1 is 1.06 bits per heavy atom. The molecule has 0 atom stereocenters. The minimum atomic E-state index is -3.73. The predicted octanol–water partition coefficient (Wildman–Crippen LogP) is 0.828. The van der Waals surface area contributed by atoms with Crippen molar-refractivity contribution in [3.05, 3.63) is 53.6 Å². The van der Waals surface area contributed by atoms with Crippen LogP contribution >= 0.6 is 0 Å². The quantitative estimate of drug-likeness (QED) is 0.535. The zero-order chi connectivity index (χ0) is 24.7. The summed E-state index contributed by atoms with van der Waals surface area (Å²) in [5.74, 6) is -0.178. The number of carbonyl (C=O) groups excluding carboxylic acids is 2.